The highest BCUT2D eigenvalue weighted by Gasteiger charge is 2.09. The molecule has 5 heteroatoms. The minimum Gasteiger partial charge on any atom is -0.467 e. The van der Waals surface area contributed by atoms with Crippen LogP contribution in [0.5, 0.6) is 0 Å². The summed E-state index contributed by atoms with van der Waals surface area (Å²) < 4.78 is 15.2. The Balaban J connectivity index is 1.83. The first kappa shape index (κ1) is 12.4. The van der Waals surface area contributed by atoms with E-state index in [2.05, 4.69) is 10.1 Å². The average molecular weight is 249 g/mol. The van der Waals surface area contributed by atoms with Crippen molar-refractivity contribution in [3.63, 3.8) is 0 Å². The number of ether oxygens (including phenoxy) is 1. The molecule has 0 radical (unpaired) electrons. The van der Waals surface area contributed by atoms with Gasteiger partial charge in [0.25, 0.3) is 0 Å². The molecule has 2 aromatic rings. The lowest BCUT2D eigenvalue weighted by Crippen LogP contribution is -2.11. The van der Waals surface area contributed by atoms with E-state index in [0.29, 0.717) is 24.4 Å². The zero-order chi connectivity index (χ0) is 13.0. The number of carbonyl (C=O) groups excluding carboxylic acids is 1. The van der Waals surface area contributed by atoms with Gasteiger partial charge in [-0.05, 0) is 25.1 Å². The fourth-order valence-corrected chi connectivity index (χ4v) is 1.59. The predicted molar refractivity (Wildman–Crippen MR) is 64.0 cm³/mol. The summed E-state index contributed by atoms with van der Waals surface area (Å²) in [4.78, 5) is 11.2. The molecule has 0 unspecified atom stereocenters. The number of nitrogens with one attached hydrogen (secondary N) is 1. The minimum absolute atomic E-state index is 0.397. The molecule has 0 amide bonds. The maximum Gasteiger partial charge on any atom is 0.341 e. The highest BCUT2D eigenvalue weighted by Crippen LogP contribution is 2.10. The molecule has 0 bridgehead atoms. The lowest BCUT2D eigenvalue weighted by molar-refractivity contribution is 0.0600. The Hall–Kier alpha value is -2.01. The number of hydrogen-bond acceptors (Lipinski definition) is 5. The Morgan fingerprint density at radius 1 is 1.33 bits per heavy atom. The van der Waals surface area contributed by atoms with E-state index in [4.69, 9.17) is 8.83 Å². The molecule has 0 saturated heterocycles. The first-order chi connectivity index (χ1) is 8.69. The standard InChI is InChI=1S/C13H15NO4/c1-9-3-4-11(18-9)6-14-7-12-5-10(8-17-12)13(15)16-2/h3-5,8,14H,6-7H2,1-2H3. The van der Waals surface area contributed by atoms with Crippen molar-refractivity contribution in [2.24, 2.45) is 0 Å². The lowest BCUT2D eigenvalue weighted by Gasteiger charge is -1.99. The van der Waals surface area contributed by atoms with Gasteiger partial charge in [-0.2, -0.15) is 0 Å². The van der Waals surface area contributed by atoms with Crippen LogP contribution in [0.4, 0.5) is 0 Å². The molecule has 0 aliphatic heterocycles. The highest BCUT2D eigenvalue weighted by atomic mass is 16.5. The quantitative estimate of drug-likeness (QED) is 0.823. The molecule has 0 aliphatic carbocycles. The molecular weight excluding hydrogens is 234 g/mol. The summed E-state index contributed by atoms with van der Waals surface area (Å²) in [5.74, 6) is 2.04. The second kappa shape index (κ2) is 5.55. The second-order valence-electron chi connectivity index (χ2n) is 3.91. The predicted octanol–water partition coefficient (Wildman–Crippen LogP) is 2.26. The Labute approximate surface area is 105 Å². The van der Waals surface area contributed by atoms with E-state index in [1.54, 1.807) is 6.07 Å². The molecule has 2 rings (SSSR count). The van der Waals surface area contributed by atoms with Gasteiger partial charge in [-0.15, -0.1) is 0 Å². The molecule has 1 N–H and O–H groups in total. The maximum absolute atomic E-state index is 11.2. The van der Waals surface area contributed by atoms with Crippen LogP contribution in [0.2, 0.25) is 0 Å². The summed E-state index contributed by atoms with van der Waals surface area (Å²) in [5, 5.41) is 3.16. The van der Waals surface area contributed by atoms with Gasteiger partial charge in [0.1, 0.15) is 23.5 Å². The van der Waals surface area contributed by atoms with E-state index >= 15 is 0 Å². The number of aryl methyl sites for hydroxylation is 1. The van der Waals surface area contributed by atoms with Crippen molar-refractivity contribution < 1.29 is 18.4 Å². The first-order valence-electron chi connectivity index (χ1n) is 5.61. The normalized spacial score (nSPS) is 10.6. The molecule has 96 valence electrons. The zero-order valence-corrected chi connectivity index (χ0v) is 10.4. The van der Waals surface area contributed by atoms with Crippen LogP contribution in [0.25, 0.3) is 0 Å². The summed E-state index contributed by atoms with van der Waals surface area (Å²) >= 11 is 0. The monoisotopic (exact) mass is 249 g/mol. The summed E-state index contributed by atoms with van der Waals surface area (Å²) in [6.07, 6.45) is 1.39. The zero-order valence-electron chi connectivity index (χ0n) is 10.4. The van der Waals surface area contributed by atoms with Crippen LogP contribution < -0.4 is 5.32 Å². The van der Waals surface area contributed by atoms with Crippen molar-refractivity contribution in [3.05, 3.63) is 47.3 Å². The smallest absolute Gasteiger partial charge is 0.341 e. The number of esters is 1. The summed E-state index contributed by atoms with van der Waals surface area (Å²) in [6.45, 7) is 3.04. The van der Waals surface area contributed by atoms with E-state index in [0.717, 1.165) is 11.5 Å². The van der Waals surface area contributed by atoms with Gasteiger partial charge in [-0.1, -0.05) is 0 Å². The average Bonchev–Trinajstić information content (AvgIpc) is 2.98. The Bertz CT molecular complexity index is 527. The fraction of sp³-hybridized carbons (Fsp3) is 0.308. The molecule has 2 heterocycles. The molecule has 0 aromatic carbocycles. The molecule has 0 fully saturated rings. The van der Waals surface area contributed by atoms with Crippen molar-refractivity contribution in [3.8, 4) is 0 Å². The Kier molecular flexibility index (Phi) is 3.84. The van der Waals surface area contributed by atoms with Gasteiger partial charge in [0.05, 0.1) is 25.8 Å². The summed E-state index contributed by atoms with van der Waals surface area (Å²) in [6, 6.07) is 5.50. The van der Waals surface area contributed by atoms with Crippen molar-refractivity contribution >= 4 is 5.97 Å². The molecule has 0 atom stereocenters. The van der Waals surface area contributed by atoms with Crippen LogP contribution >= 0.6 is 0 Å². The molecule has 5 nitrogen and oxygen atoms in total. The van der Waals surface area contributed by atoms with Crippen molar-refractivity contribution in [1.82, 2.24) is 5.32 Å². The number of carbonyl (C=O) groups is 1. The van der Waals surface area contributed by atoms with E-state index < -0.39 is 5.97 Å². The third-order valence-electron chi connectivity index (χ3n) is 2.47. The molecule has 2 aromatic heterocycles. The number of methoxy groups -OCH3 is 1. The van der Waals surface area contributed by atoms with E-state index in [1.165, 1.54) is 13.4 Å². The van der Waals surface area contributed by atoms with E-state index in [-0.39, 0.29) is 0 Å². The van der Waals surface area contributed by atoms with Gasteiger partial charge in [-0.25, -0.2) is 4.79 Å². The van der Waals surface area contributed by atoms with Crippen LogP contribution in [0.3, 0.4) is 0 Å². The fourth-order valence-electron chi connectivity index (χ4n) is 1.59. The van der Waals surface area contributed by atoms with Crippen molar-refractivity contribution in [1.29, 1.82) is 0 Å². The minimum atomic E-state index is -0.397. The Morgan fingerprint density at radius 2 is 2.11 bits per heavy atom. The van der Waals surface area contributed by atoms with Gasteiger partial charge in [0.15, 0.2) is 0 Å². The van der Waals surface area contributed by atoms with Crippen molar-refractivity contribution in [2.75, 3.05) is 7.11 Å². The van der Waals surface area contributed by atoms with Gasteiger partial charge >= 0.3 is 5.97 Å². The molecule has 0 saturated carbocycles. The van der Waals surface area contributed by atoms with Crippen LogP contribution in [0.1, 0.15) is 27.6 Å². The highest BCUT2D eigenvalue weighted by molar-refractivity contribution is 5.88. The third-order valence-corrected chi connectivity index (χ3v) is 2.47. The molecule has 18 heavy (non-hydrogen) atoms. The molecule has 0 aliphatic rings. The van der Waals surface area contributed by atoms with Gasteiger partial charge in [-0.3, -0.25) is 0 Å². The summed E-state index contributed by atoms with van der Waals surface area (Å²) in [5.41, 5.74) is 0.420. The third kappa shape index (κ3) is 3.01. The maximum atomic E-state index is 11.2. The van der Waals surface area contributed by atoms with E-state index in [9.17, 15) is 4.79 Å². The lowest BCUT2D eigenvalue weighted by atomic mass is 10.3. The number of rotatable bonds is 5. The summed E-state index contributed by atoms with van der Waals surface area (Å²) in [7, 11) is 1.34. The van der Waals surface area contributed by atoms with Crippen LogP contribution in [-0.4, -0.2) is 13.1 Å². The largest absolute Gasteiger partial charge is 0.467 e. The van der Waals surface area contributed by atoms with Crippen LogP contribution in [0.15, 0.2) is 33.3 Å². The number of furan rings is 2. The first-order valence-corrected chi connectivity index (χ1v) is 5.61. The van der Waals surface area contributed by atoms with E-state index in [1.807, 2.05) is 19.1 Å². The van der Waals surface area contributed by atoms with Gasteiger partial charge in [0, 0.05) is 0 Å². The number of hydrogen-bond donors (Lipinski definition) is 1. The van der Waals surface area contributed by atoms with Crippen molar-refractivity contribution in [2.45, 2.75) is 20.0 Å². The molecular formula is C13H15NO4. The topological polar surface area (TPSA) is 64.6 Å². The van der Waals surface area contributed by atoms with Crippen LogP contribution in [0, 0.1) is 6.92 Å². The second-order valence-corrected chi connectivity index (χ2v) is 3.91. The van der Waals surface area contributed by atoms with Gasteiger partial charge in [0.2, 0.25) is 0 Å². The van der Waals surface area contributed by atoms with Gasteiger partial charge < -0.3 is 18.9 Å². The Morgan fingerprint density at radius 3 is 2.78 bits per heavy atom. The van der Waals surface area contributed by atoms with Crippen LogP contribution in [-0.2, 0) is 17.8 Å². The SMILES string of the molecule is COC(=O)c1coc(CNCc2ccc(C)o2)c1. The molecule has 0 spiro atoms.